The van der Waals surface area contributed by atoms with E-state index in [1.165, 1.54) is 0 Å². The maximum Gasteiger partial charge on any atom is 0.0594 e. The molecule has 80 valence electrons. The van der Waals surface area contributed by atoms with Gasteiger partial charge in [-0.15, -0.1) is 12.3 Å². The summed E-state index contributed by atoms with van der Waals surface area (Å²) >= 11 is 0. The molecular weight excluding hydrogens is 176 g/mol. The lowest BCUT2D eigenvalue weighted by Crippen LogP contribution is -2.41. The Morgan fingerprint density at radius 2 is 2.21 bits per heavy atom. The predicted molar refractivity (Wildman–Crippen MR) is 58.2 cm³/mol. The number of nitrogens with zero attached hydrogens (tertiary/aromatic N) is 1. The number of hydrogen-bond donors (Lipinski definition) is 1. The van der Waals surface area contributed by atoms with Crippen LogP contribution in [0.15, 0.2) is 0 Å². The van der Waals surface area contributed by atoms with Gasteiger partial charge >= 0.3 is 0 Å². The molecule has 0 spiro atoms. The average Bonchev–Trinajstić information content (AvgIpc) is 2.20. The second-order valence-corrected chi connectivity index (χ2v) is 3.72. The monoisotopic (exact) mass is 196 g/mol. The normalized spacial score (nSPS) is 20.3. The Kier molecular flexibility index (Phi) is 5.62. The van der Waals surface area contributed by atoms with Gasteiger partial charge < -0.3 is 10.1 Å². The molecule has 0 radical (unpaired) electrons. The van der Waals surface area contributed by atoms with E-state index in [1.807, 2.05) is 0 Å². The maximum atomic E-state index is 5.28. The Bertz CT molecular complexity index is 182. The highest BCUT2D eigenvalue weighted by Crippen LogP contribution is 1.95. The van der Waals surface area contributed by atoms with Gasteiger partial charge in [0, 0.05) is 38.6 Å². The molecule has 1 fully saturated rings. The highest BCUT2D eigenvalue weighted by atomic mass is 16.5. The summed E-state index contributed by atoms with van der Waals surface area (Å²) in [7, 11) is 0. The summed E-state index contributed by atoms with van der Waals surface area (Å²) in [5.41, 5.74) is 0. The van der Waals surface area contributed by atoms with Gasteiger partial charge in [-0.1, -0.05) is 0 Å². The minimum Gasteiger partial charge on any atom is -0.379 e. The first-order chi connectivity index (χ1) is 6.83. The Labute approximate surface area is 86.8 Å². The first kappa shape index (κ1) is 11.5. The fraction of sp³-hybridized carbons (Fsp3) is 0.818. The van der Waals surface area contributed by atoms with E-state index in [-0.39, 0.29) is 0 Å². The summed E-state index contributed by atoms with van der Waals surface area (Å²) in [6.45, 7) is 8.11. The van der Waals surface area contributed by atoms with Gasteiger partial charge in [-0.2, -0.15) is 0 Å². The zero-order valence-electron chi connectivity index (χ0n) is 8.96. The molecule has 1 unspecified atom stereocenters. The Morgan fingerprint density at radius 3 is 2.86 bits per heavy atom. The van der Waals surface area contributed by atoms with E-state index in [2.05, 4.69) is 23.1 Å². The lowest BCUT2D eigenvalue weighted by atomic mass is 10.2. The molecular formula is C11H20N2O. The van der Waals surface area contributed by atoms with Crippen LogP contribution in [0.5, 0.6) is 0 Å². The second kappa shape index (κ2) is 6.83. The summed E-state index contributed by atoms with van der Waals surface area (Å²) in [5.74, 6) is 2.66. The standard InChI is InChI=1S/C11H20N2O/c1-3-4-11(2)12-5-6-13-7-9-14-10-8-13/h1,11-12H,4-10H2,2H3. The number of rotatable bonds is 5. The summed E-state index contributed by atoms with van der Waals surface area (Å²) < 4.78 is 5.28. The van der Waals surface area contributed by atoms with Gasteiger partial charge in [0.2, 0.25) is 0 Å². The van der Waals surface area contributed by atoms with Crippen molar-refractivity contribution in [1.82, 2.24) is 10.2 Å². The zero-order chi connectivity index (χ0) is 10.2. The molecule has 0 aliphatic carbocycles. The highest BCUT2D eigenvalue weighted by molar-refractivity contribution is 4.88. The number of ether oxygens (including phenoxy) is 1. The van der Waals surface area contributed by atoms with Gasteiger partial charge in [0.1, 0.15) is 0 Å². The molecule has 0 amide bonds. The van der Waals surface area contributed by atoms with Crippen LogP contribution in [-0.4, -0.2) is 50.3 Å². The topological polar surface area (TPSA) is 24.5 Å². The molecule has 14 heavy (non-hydrogen) atoms. The molecule has 3 nitrogen and oxygen atoms in total. The molecule has 0 aromatic heterocycles. The molecule has 1 heterocycles. The third-order valence-corrected chi connectivity index (χ3v) is 2.45. The SMILES string of the molecule is C#CCC(C)NCCN1CCOCC1. The van der Waals surface area contributed by atoms with Crippen molar-refractivity contribution >= 4 is 0 Å². The van der Waals surface area contributed by atoms with Crippen LogP contribution in [0.1, 0.15) is 13.3 Å². The molecule has 0 bridgehead atoms. The third-order valence-electron chi connectivity index (χ3n) is 2.45. The molecule has 0 saturated carbocycles. The first-order valence-electron chi connectivity index (χ1n) is 5.30. The fourth-order valence-corrected chi connectivity index (χ4v) is 1.54. The largest absolute Gasteiger partial charge is 0.379 e. The zero-order valence-corrected chi connectivity index (χ0v) is 8.96. The van der Waals surface area contributed by atoms with Crippen LogP contribution in [0.25, 0.3) is 0 Å². The quantitative estimate of drug-likeness (QED) is 0.641. The van der Waals surface area contributed by atoms with Crippen LogP contribution in [0.3, 0.4) is 0 Å². The minimum atomic E-state index is 0.432. The van der Waals surface area contributed by atoms with Gasteiger partial charge in [0.15, 0.2) is 0 Å². The molecule has 1 N–H and O–H groups in total. The number of hydrogen-bond acceptors (Lipinski definition) is 3. The van der Waals surface area contributed by atoms with Crippen LogP contribution in [0.4, 0.5) is 0 Å². The molecule has 1 aliphatic rings. The molecule has 1 saturated heterocycles. The lowest BCUT2D eigenvalue weighted by Gasteiger charge is -2.27. The van der Waals surface area contributed by atoms with Crippen molar-refractivity contribution in [1.29, 1.82) is 0 Å². The van der Waals surface area contributed by atoms with Crippen LogP contribution in [0.2, 0.25) is 0 Å². The molecule has 3 heteroatoms. The average molecular weight is 196 g/mol. The molecule has 1 rings (SSSR count). The van der Waals surface area contributed by atoms with E-state index in [4.69, 9.17) is 11.2 Å². The van der Waals surface area contributed by atoms with E-state index in [0.29, 0.717) is 6.04 Å². The summed E-state index contributed by atoms with van der Waals surface area (Å²) in [6, 6.07) is 0.432. The predicted octanol–water partition coefficient (Wildman–Crippen LogP) is 0.320. The molecule has 0 aromatic carbocycles. The Balaban J connectivity index is 2.00. The van der Waals surface area contributed by atoms with E-state index in [9.17, 15) is 0 Å². The summed E-state index contributed by atoms with van der Waals surface area (Å²) in [5, 5.41) is 3.41. The molecule has 1 aliphatic heterocycles. The van der Waals surface area contributed by atoms with Crippen molar-refractivity contribution in [2.24, 2.45) is 0 Å². The molecule has 0 aromatic rings. The van der Waals surface area contributed by atoms with E-state index in [1.54, 1.807) is 0 Å². The van der Waals surface area contributed by atoms with Crippen LogP contribution < -0.4 is 5.32 Å². The van der Waals surface area contributed by atoms with Crippen LogP contribution in [-0.2, 0) is 4.74 Å². The van der Waals surface area contributed by atoms with E-state index >= 15 is 0 Å². The van der Waals surface area contributed by atoms with Crippen molar-refractivity contribution in [3.8, 4) is 12.3 Å². The van der Waals surface area contributed by atoms with Gasteiger partial charge in [-0.3, -0.25) is 4.90 Å². The second-order valence-electron chi connectivity index (χ2n) is 3.72. The summed E-state index contributed by atoms with van der Waals surface area (Å²) in [4.78, 5) is 2.42. The fourth-order valence-electron chi connectivity index (χ4n) is 1.54. The first-order valence-corrected chi connectivity index (χ1v) is 5.30. The number of nitrogens with one attached hydrogen (secondary N) is 1. The van der Waals surface area contributed by atoms with Crippen molar-refractivity contribution in [3.63, 3.8) is 0 Å². The van der Waals surface area contributed by atoms with Crippen molar-refractivity contribution in [2.75, 3.05) is 39.4 Å². The number of morpholine rings is 1. The Morgan fingerprint density at radius 1 is 1.50 bits per heavy atom. The van der Waals surface area contributed by atoms with E-state index in [0.717, 1.165) is 45.8 Å². The molecule has 1 atom stereocenters. The van der Waals surface area contributed by atoms with Gasteiger partial charge in [0.25, 0.3) is 0 Å². The summed E-state index contributed by atoms with van der Waals surface area (Å²) in [6.07, 6.45) is 6.04. The lowest BCUT2D eigenvalue weighted by molar-refractivity contribution is 0.0382. The maximum absolute atomic E-state index is 5.28. The van der Waals surface area contributed by atoms with Gasteiger partial charge in [0.05, 0.1) is 13.2 Å². The van der Waals surface area contributed by atoms with Crippen LogP contribution >= 0.6 is 0 Å². The Hall–Kier alpha value is -0.560. The van der Waals surface area contributed by atoms with Crippen LogP contribution in [0, 0.1) is 12.3 Å². The number of terminal acetylenes is 1. The third kappa shape index (κ3) is 4.61. The van der Waals surface area contributed by atoms with Crippen molar-refractivity contribution in [2.45, 2.75) is 19.4 Å². The minimum absolute atomic E-state index is 0.432. The smallest absolute Gasteiger partial charge is 0.0594 e. The highest BCUT2D eigenvalue weighted by Gasteiger charge is 2.09. The van der Waals surface area contributed by atoms with Gasteiger partial charge in [-0.05, 0) is 6.92 Å². The van der Waals surface area contributed by atoms with Crippen molar-refractivity contribution < 1.29 is 4.74 Å². The van der Waals surface area contributed by atoms with Crippen molar-refractivity contribution in [3.05, 3.63) is 0 Å². The van der Waals surface area contributed by atoms with Gasteiger partial charge in [-0.25, -0.2) is 0 Å². The van der Waals surface area contributed by atoms with E-state index < -0.39 is 0 Å².